The molecule has 2 aliphatic rings. The third kappa shape index (κ3) is 5.06. The zero-order valence-electron chi connectivity index (χ0n) is 15.7. The topological polar surface area (TPSA) is 43.4 Å². The summed E-state index contributed by atoms with van der Waals surface area (Å²) in [5.74, 6) is 0.643. The van der Waals surface area contributed by atoms with Gasteiger partial charge in [0.15, 0.2) is 0 Å². The fraction of sp³-hybridized carbons (Fsp3) is 0.714. The highest BCUT2D eigenvalue weighted by Crippen LogP contribution is 2.51. The Kier molecular flexibility index (Phi) is 5.72. The summed E-state index contributed by atoms with van der Waals surface area (Å²) >= 11 is 0. The lowest BCUT2D eigenvalue weighted by molar-refractivity contribution is -0.148. The van der Waals surface area contributed by atoms with E-state index in [1.807, 2.05) is 20.8 Å². The monoisotopic (exact) mass is 332 g/mol. The van der Waals surface area contributed by atoms with Crippen LogP contribution in [0.5, 0.6) is 0 Å². The molecule has 0 bridgehead atoms. The number of fused-ring (bicyclic) bond motifs is 1. The van der Waals surface area contributed by atoms with Gasteiger partial charge in [0.2, 0.25) is 0 Å². The van der Waals surface area contributed by atoms with Gasteiger partial charge >= 0.3 is 5.97 Å². The summed E-state index contributed by atoms with van der Waals surface area (Å²) in [6, 6.07) is 0. The first-order chi connectivity index (χ1) is 11.1. The van der Waals surface area contributed by atoms with Gasteiger partial charge in [-0.15, -0.1) is 0 Å². The van der Waals surface area contributed by atoms with Crippen LogP contribution in [0.15, 0.2) is 24.3 Å². The van der Waals surface area contributed by atoms with Crippen LogP contribution in [0.4, 0.5) is 0 Å². The molecule has 0 spiro atoms. The van der Waals surface area contributed by atoms with E-state index in [9.17, 15) is 9.59 Å². The lowest BCUT2D eigenvalue weighted by atomic mass is 9.57. The summed E-state index contributed by atoms with van der Waals surface area (Å²) < 4.78 is 5.25. The smallest absolute Gasteiger partial charge is 0.331 e. The number of rotatable bonds is 4. The lowest BCUT2D eigenvalue weighted by Crippen LogP contribution is -2.41. The van der Waals surface area contributed by atoms with Gasteiger partial charge in [-0.25, -0.2) is 4.79 Å². The summed E-state index contributed by atoms with van der Waals surface area (Å²) in [6.07, 6.45) is 10.5. The molecule has 2 fully saturated rings. The van der Waals surface area contributed by atoms with E-state index in [-0.39, 0.29) is 11.9 Å². The van der Waals surface area contributed by atoms with E-state index in [0.29, 0.717) is 23.5 Å². The highest BCUT2D eigenvalue weighted by molar-refractivity contribution is 5.84. The summed E-state index contributed by atoms with van der Waals surface area (Å²) in [5, 5.41) is 0. The van der Waals surface area contributed by atoms with Crippen molar-refractivity contribution in [2.24, 2.45) is 17.3 Å². The van der Waals surface area contributed by atoms with Crippen molar-refractivity contribution >= 4 is 11.8 Å². The van der Waals surface area contributed by atoms with E-state index < -0.39 is 5.60 Å². The fourth-order valence-corrected chi connectivity index (χ4v) is 4.27. The molecule has 0 aromatic rings. The van der Waals surface area contributed by atoms with Crippen molar-refractivity contribution in [3.05, 3.63) is 24.3 Å². The number of ketones is 1. The second kappa shape index (κ2) is 7.25. The van der Waals surface area contributed by atoms with Crippen LogP contribution in [0, 0.1) is 17.3 Å². The van der Waals surface area contributed by atoms with Gasteiger partial charge in [-0.05, 0) is 57.8 Å². The van der Waals surface area contributed by atoms with E-state index >= 15 is 0 Å². The van der Waals surface area contributed by atoms with E-state index in [1.54, 1.807) is 6.08 Å². The Labute approximate surface area is 146 Å². The van der Waals surface area contributed by atoms with Gasteiger partial charge in [0, 0.05) is 18.4 Å². The summed E-state index contributed by atoms with van der Waals surface area (Å²) in [4.78, 5) is 24.2. The maximum atomic E-state index is 12.5. The number of esters is 1. The van der Waals surface area contributed by atoms with E-state index in [1.165, 1.54) is 31.8 Å². The molecule has 0 aromatic carbocycles. The molecule has 2 saturated carbocycles. The Morgan fingerprint density at radius 1 is 1.33 bits per heavy atom. The third-order valence-electron chi connectivity index (χ3n) is 5.52. The van der Waals surface area contributed by atoms with Gasteiger partial charge in [-0.2, -0.15) is 0 Å². The fourth-order valence-electron chi connectivity index (χ4n) is 4.27. The molecule has 3 heteroatoms. The highest BCUT2D eigenvalue weighted by atomic mass is 16.6. The predicted octanol–water partition coefficient (Wildman–Crippen LogP) is 5.01. The van der Waals surface area contributed by atoms with Crippen LogP contribution in [-0.4, -0.2) is 17.4 Å². The molecule has 3 nitrogen and oxygen atoms in total. The minimum absolute atomic E-state index is 0.0557. The molecule has 0 aliphatic heterocycles. The first-order valence-electron chi connectivity index (χ1n) is 9.21. The van der Waals surface area contributed by atoms with Crippen LogP contribution in [-0.2, 0) is 14.3 Å². The van der Waals surface area contributed by atoms with Crippen molar-refractivity contribution in [3.8, 4) is 0 Å². The van der Waals surface area contributed by atoms with E-state index in [2.05, 4.69) is 13.5 Å². The number of carbonyl (C=O) groups excluding carboxylic acids is 2. The zero-order valence-corrected chi connectivity index (χ0v) is 15.7. The second-order valence-electron chi connectivity index (χ2n) is 8.90. The number of hydrogen-bond donors (Lipinski definition) is 0. The van der Waals surface area contributed by atoms with Gasteiger partial charge in [0.25, 0.3) is 0 Å². The second-order valence-corrected chi connectivity index (χ2v) is 8.90. The average Bonchev–Trinajstić information content (AvgIpc) is 2.44. The lowest BCUT2D eigenvalue weighted by Gasteiger charge is -2.47. The van der Waals surface area contributed by atoms with Crippen molar-refractivity contribution < 1.29 is 14.3 Å². The van der Waals surface area contributed by atoms with Gasteiger partial charge in [0.1, 0.15) is 11.4 Å². The van der Waals surface area contributed by atoms with Crippen LogP contribution in [0.3, 0.4) is 0 Å². The SMILES string of the molecule is C=C(/C=C/C(=O)OC(C)(C)C)CC1C[C@@]2(C)CCCC[C@H]2CC1=O. The Morgan fingerprint density at radius 3 is 2.71 bits per heavy atom. The normalized spacial score (nSPS) is 30.9. The molecule has 0 heterocycles. The highest BCUT2D eigenvalue weighted by Gasteiger charge is 2.44. The summed E-state index contributed by atoms with van der Waals surface area (Å²) in [6.45, 7) is 11.9. The van der Waals surface area contributed by atoms with Gasteiger partial charge in [0.05, 0.1) is 0 Å². The molecule has 134 valence electrons. The summed E-state index contributed by atoms with van der Waals surface area (Å²) in [5.41, 5.74) is 0.649. The largest absolute Gasteiger partial charge is 0.457 e. The molecule has 0 saturated heterocycles. The quantitative estimate of drug-likeness (QED) is 0.413. The molecular weight excluding hydrogens is 300 g/mol. The maximum Gasteiger partial charge on any atom is 0.331 e. The van der Waals surface area contributed by atoms with Crippen molar-refractivity contribution in [1.82, 2.24) is 0 Å². The molecule has 0 N–H and O–H groups in total. The van der Waals surface area contributed by atoms with E-state index in [4.69, 9.17) is 4.74 Å². The number of Topliss-reactive ketones (excluding diaryl/α,β-unsaturated/α-hetero) is 1. The molecule has 2 rings (SSSR count). The number of hydrogen-bond acceptors (Lipinski definition) is 3. The standard InChI is InChI=1S/C21H32O3/c1-15(9-10-19(23)24-20(2,3)4)12-16-14-21(5)11-7-6-8-17(21)13-18(16)22/h9-10,16-17H,1,6-8,11-14H2,2-5H3/b10-9+/t16?,17-,21+/m0/s1. The first kappa shape index (κ1) is 19.0. The molecule has 24 heavy (non-hydrogen) atoms. The van der Waals surface area contributed by atoms with Gasteiger partial charge < -0.3 is 4.74 Å². The Balaban J connectivity index is 1.91. The first-order valence-corrected chi connectivity index (χ1v) is 9.21. The maximum absolute atomic E-state index is 12.5. The Morgan fingerprint density at radius 2 is 2.04 bits per heavy atom. The van der Waals surface area contributed by atoms with Crippen molar-refractivity contribution in [3.63, 3.8) is 0 Å². The molecule has 2 aliphatic carbocycles. The molecule has 1 unspecified atom stereocenters. The predicted molar refractivity (Wildman–Crippen MR) is 96.5 cm³/mol. The number of ether oxygens (including phenoxy) is 1. The third-order valence-corrected chi connectivity index (χ3v) is 5.52. The molecule has 0 aromatic heterocycles. The summed E-state index contributed by atoms with van der Waals surface area (Å²) in [7, 11) is 0. The Bertz CT molecular complexity index is 538. The average molecular weight is 332 g/mol. The van der Waals surface area contributed by atoms with Crippen molar-refractivity contribution in [1.29, 1.82) is 0 Å². The van der Waals surface area contributed by atoms with Crippen molar-refractivity contribution in [2.75, 3.05) is 0 Å². The van der Waals surface area contributed by atoms with E-state index in [0.717, 1.165) is 18.4 Å². The van der Waals surface area contributed by atoms with Crippen LogP contribution in [0.1, 0.15) is 72.6 Å². The zero-order chi connectivity index (χ0) is 18.0. The Hall–Kier alpha value is -1.38. The van der Waals surface area contributed by atoms with Crippen molar-refractivity contribution in [2.45, 2.75) is 78.2 Å². The number of carbonyl (C=O) groups is 2. The van der Waals surface area contributed by atoms with Crippen LogP contribution in [0.2, 0.25) is 0 Å². The minimum atomic E-state index is -0.493. The molecule has 0 radical (unpaired) electrons. The minimum Gasteiger partial charge on any atom is -0.457 e. The van der Waals surface area contributed by atoms with Gasteiger partial charge in [-0.1, -0.05) is 38.0 Å². The van der Waals surface area contributed by atoms with Crippen LogP contribution < -0.4 is 0 Å². The molecule has 3 atom stereocenters. The molecular formula is C21H32O3. The number of allylic oxidation sites excluding steroid dienone is 2. The van der Waals surface area contributed by atoms with Crippen LogP contribution >= 0.6 is 0 Å². The molecule has 0 amide bonds. The van der Waals surface area contributed by atoms with Gasteiger partial charge in [-0.3, -0.25) is 4.79 Å². The van der Waals surface area contributed by atoms with Crippen LogP contribution in [0.25, 0.3) is 0 Å².